The molecule has 0 aliphatic heterocycles. The maximum absolute atomic E-state index is 12.5. The zero-order valence-corrected chi connectivity index (χ0v) is 16.1. The van der Waals surface area contributed by atoms with Crippen molar-refractivity contribution in [3.8, 4) is 5.75 Å². The van der Waals surface area contributed by atoms with E-state index in [1.807, 2.05) is 0 Å². The molecule has 0 heterocycles. The number of ether oxygens (including phenoxy) is 1. The molecule has 4 nitrogen and oxygen atoms in total. The van der Waals surface area contributed by atoms with Gasteiger partial charge in [0, 0.05) is 13.6 Å². The monoisotopic (exact) mass is 394 g/mol. The van der Waals surface area contributed by atoms with Crippen LogP contribution >= 0.6 is 0 Å². The summed E-state index contributed by atoms with van der Waals surface area (Å²) in [7, 11) is -6.90. The van der Waals surface area contributed by atoms with Crippen LogP contribution in [0, 0.1) is 0 Å². The molecule has 0 saturated heterocycles. The molecule has 0 saturated carbocycles. The smallest absolute Gasteiger partial charge is 0.494 e. The number of benzene rings is 1. The molecule has 2 rings (SSSR count). The third-order valence-corrected chi connectivity index (χ3v) is 6.36. The van der Waals surface area contributed by atoms with Gasteiger partial charge in [-0.25, -0.2) is 0 Å². The molecule has 0 atom stereocenters. The molecule has 0 amide bonds. The molecule has 9 heteroatoms. The van der Waals surface area contributed by atoms with E-state index < -0.39 is 23.7 Å². The van der Waals surface area contributed by atoms with Gasteiger partial charge in [0.15, 0.2) is 0 Å². The zero-order chi connectivity index (χ0) is 18.9. The molecular weight excluding hydrogens is 373 g/mol. The van der Waals surface area contributed by atoms with E-state index in [2.05, 4.69) is 23.8 Å². The van der Waals surface area contributed by atoms with Gasteiger partial charge in [0.1, 0.15) is 11.5 Å². The van der Waals surface area contributed by atoms with Crippen LogP contribution in [0.25, 0.3) is 5.76 Å². The molecule has 0 unspecified atom stereocenters. The Morgan fingerprint density at radius 1 is 1.20 bits per heavy atom. The number of hydrogen-bond acceptors (Lipinski definition) is 4. The molecular formula is C16H21F3O4SSi. The topological polar surface area (TPSA) is 52.6 Å². The summed E-state index contributed by atoms with van der Waals surface area (Å²) in [6.45, 7) is 7.28. The molecule has 1 aromatic carbocycles. The van der Waals surface area contributed by atoms with Crippen molar-refractivity contribution in [2.75, 3.05) is 6.61 Å². The van der Waals surface area contributed by atoms with E-state index >= 15 is 0 Å². The Kier molecular flexibility index (Phi) is 5.58. The number of fused-ring (bicyclic) bond motifs is 1. The first kappa shape index (κ1) is 19.8. The minimum absolute atomic E-state index is 0.285. The fourth-order valence-corrected chi connectivity index (χ4v) is 3.50. The van der Waals surface area contributed by atoms with Crippen molar-refractivity contribution in [3.63, 3.8) is 0 Å². The summed E-state index contributed by atoms with van der Waals surface area (Å²) in [5, 5.41) is 0. The number of halogens is 3. The first-order valence-corrected chi connectivity index (χ1v) is 13.0. The average molecular weight is 394 g/mol. The fourth-order valence-electron chi connectivity index (χ4n) is 2.30. The van der Waals surface area contributed by atoms with E-state index in [1.165, 1.54) is 12.1 Å². The minimum atomic E-state index is -5.68. The lowest BCUT2D eigenvalue weighted by molar-refractivity contribution is -0.0509. The lowest BCUT2D eigenvalue weighted by Crippen LogP contribution is -2.25. The van der Waals surface area contributed by atoms with Gasteiger partial charge in [0.2, 0.25) is 0 Å². The molecule has 0 N–H and O–H groups in total. The standard InChI is InChI=1S/C16H21F3O4SSi/c1-25(2,3)10-9-22-13-7-8-14-12(11-13)5-4-6-15(14)23-24(20,21)16(17,18)19/h6-8,11H,4-5,9-10H2,1-3H3. The van der Waals surface area contributed by atoms with Gasteiger partial charge in [0.05, 0.1) is 6.61 Å². The van der Waals surface area contributed by atoms with E-state index in [0.29, 0.717) is 36.3 Å². The van der Waals surface area contributed by atoms with Crippen LogP contribution in [-0.2, 0) is 20.7 Å². The molecule has 140 valence electrons. The number of rotatable bonds is 6. The second kappa shape index (κ2) is 7.03. The average Bonchev–Trinajstić information content (AvgIpc) is 2.44. The van der Waals surface area contributed by atoms with Gasteiger partial charge >= 0.3 is 15.6 Å². The summed E-state index contributed by atoms with van der Waals surface area (Å²) < 4.78 is 70.0. The largest absolute Gasteiger partial charge is 0.534 e. The van der Waals surface area contributed by atoms with Crippen LogP contribution in [-0.4, -0.2) is 28.6 Å². The molecule has 25 heavy (non-hydrogen) atoms. The number of allylic oxidation sites excluding steroid dienone is 1. The normalized spacial score (nSPS) is 15.4. The van der Waals surface area contributed by atoms with Gasteiger partial charge < -0.3 is 8.92 Å². The Hall–Kier alpha value is -1.48. The van der Waals surface area contributed by atoms with Gasteiger partial charge in [-0.3, -0.25) is 0 Å². The van der Waals surface area contributed by atoms with Gasteiger partial charge in [-0.2, -0.15) is 21.6 Å². The van der Waals surface area contributed by atoms with E-state index in [1.54, 1.807) is 12.1 Å². The summed E-state index contributed by atoms with van der Waals surface area (Å²) in [5.41, 5.74) is -4.40. The Morgan fingerprint density at radius 3 is 2.48 bits per heavy atom. The highest BCUT2D eigenvalue weighted by atomic mass is 32.2. The molecule has 0 fully saturated rings. The number of hydrogen-bond donors (Lipinski definition) is 0. The second-order valence-corrected chi connectivity index (χ2v) is 14.2. The van der Waals surface area contributed by atoms with Crippen LogP contribution in [0.2, 0.25) is 25.7 Å². The van der Waals surface area contributed by atoms with Crippen molar-refractivity contribution in [1.29, 1.82) is 0 Å². The third kappa shape index (κ3) is 5.24. The van der Waals surface area contributed by atoms with Crippen LogP contribution in [0.5, 0.6) is 5.75 Å². The molecule has 1 aromatic rings. The van der Waals surface area contributed by atoms with E-state index in [-0.39, 0.29) is 5.76 Å². The van der Waals surface area contributed by atoms with Crippen molar-refractivity contribution in [1.82, 2.24) is 0 Å². The van der Waals surface area contributed by atoms with Gasteiger partial charge in [0.25, 0.3) is 0 Å². The Morgan fingerprint density at radius 2 is 1.88 bits per heavy atom. The quantitative estimate of drug-likeness (QED) is 0.403. The molecule has 0 radical (unpaired) electrons. The Labute approximate surface area is 146 Å². The van der Waals surface area contributed by atoms with Crippen molar-refractivity contribution in [3.05, 3.63) is 35.4 Å². The van der Waals surface area contributed by atoms with Gasteiger partial charge in [-0.15, -0.1) is 0 Å². The van der Waals surface area contributed by atoms with Crippen molar-refractivity contribution < 1.29 is 30.5 Å². The van der Waals surface area contributed by atoms with Gasteiger partial charge in [-0.05, 0) is 48.7 Å². The Balaban J connectivity index is 2.15. The number of alkyl halides is 3. The summed E-state index contributed by atoms with van der Waals surface area (Å²) in [5.74, 6) is 0.337. The maximum atomic E-state index is 12.5. The molecule has 1 aliphatic rings. The maximum Gasteiger partial charge on any atom is 0.534 e. The van der Waals surface area contributed by atoms with Crippen LogP contribution < -0.4 is 4.74 Å². The summed E-state index contributed by atoms with van der Waals surface area (Å²) >= 11 is 0. The van der Waals surface area contributed by atoms with Crippen LogP contribution in [0.1, 0.15) is 17.5 Å². The fraction of sp³-hybridized carbons (Fsp3) is 0.500. The van der Waals surface area contributed by atoms with E-state index in [4.69, 9.17) is 4.74 Å². The molecule has 0 spiro atoms. The first-order valence-electron chi connectivity index (χ1n) is 7.86. The predicted molar refractivity (Wildman–Crippen MR) is 92.4 cm³/mol. The third-order valence-electron chi connectivity index (χ3n) is 3.69. The molecule has 0 aromatic heterocycles. The molecule has 1 aliphatic carbocycles. The second-order valence-electron chi connectivity index (χ2n) is 7.07. The summed E-state index contributed by atoms with van der Waals surface area (Å²) in [6, 6.07) is 5.88. The lowest BCUT2D eigenvalue weighted by Gasteiger charge is -2.20. The van der Waals surface area contributed by atoms with E-state index in [9.17, 15) is 21.6 Å². The lowest BCUT2D eigenvalue weighted by atomic mass is 9.96. The van der Waals surface area contributed by atoms with E-state index in [0.717, 1.165) is 6.04 Å². The van der Waals surface area contributed by atoms with Crippen LogP contribution in [0.3, 0.4) is 0 Å². The van der Waals surface area contributed by atoms with Crippen molar-refractivity contribution >= 4 is 24.0 Å². The predicted octanol–water partition coefficient (Wildman–Crippen LogP) is 4.56. The van der Waals surface area contributed by atoms with Gasteiger partial charge in [-0.1, -0.05) is 19.6 Å². The number of aryl methyl sites for hydroxylation is 1. The zero-order valence-electron chi connectivity index (χ0n) is 14.3. The Bertz CT molecular complexity index is 765. The highest BCUT2D eigenvalue weighted by Crippen LogP contribution is 2.35. The summed E-state index contributed by atoms with van der Waals surface area (Å²) in [6.07, 6.45) is 2.34. The highest BCUT2D eigenvalue weighted by molar-refractivity contribution is 7.87. The van der Waals surface area contributed by atoms with Crippen molar-refractivity contribution in [2.24, 2.45) is 0 Å². The first-order chi connectivity index (χ1) is 11.4. The summed E-state index contributed by atoms with van der Waals surface area (Å²) in [4.78, 5) is 0. The van der Waals surface area contributed by atoms with Crippen LogP contribution in [0.4, 0.5) is 13.2 Å². The highest BCUT2D eigenvalue weighted by Gasteiger charge is 2.49. The SMILES string of the molecule is C[Si](C)(C)CCOc1ccc2c(c1)CCC=C2OS(=O)(=O)C(F)(F)F. The van der Waals surface area contributed by atoms with Crippen molar-refractivity contribution in [2.45, 2.75) is 44.0 Å². The van der Waals surface area contributed by atoms with Crippen LogP contribution in [0.15, 0.2) is 24.3 Å². The molecule has 0 bridgehead atoms. The minimum Gasteiger partial charge on any atom is -0.494 e.